The number of fused-ring (bicyclic) bond motifs is 1. The van der Waals surface area contributed by atoms with Crippen LogP contribution < -0.4 is 0 Å². The minimum Gasteiger partial charge on any atom is -0.357 e. The maximum Gasteiger partial charge on any atom is 0.175 e. The Balaban J connectivity index is 1.69. The molecular weight excluding hydrogens is 327 g/mol. The van der Waals surface area contributed by atoms with Gasteiger partial charge in [-0.15, -0.1) is 0 Å². The second-order valence-electron chi connectivity index (χ2n) is 6.11. The van der Waals surface area contributed by atoms with Crippen LogP contribution in [0, 0.1) is 5.82 Å². The van der Waals surface area contributed by atoms with E-state index in [1.807, 2.05) is 25.2 Å². The first-order valence-electron chi connectivity index (χ1n) is 7.56. The average Bonchev–Trinajstić information content (AvgIpc) is 2.87. The molecule has 6 heteroatoms. The van der Waals surface area contributed by atoms with Crippen molar-refractivity contribution in [3.63, 3.8) is 0 Å². The highest BCUT2D eigenvalue weighted by atomic mass is 32.2. The first kappa shape index (κ1) is 16.7. The molecule has 0 bridgehead atoms. The van der Waals surface area contributed by atoms with Crippen LogP contribution in [0.4, 0.5) is 4.39 Å². The Labute approximate surface area is 140 Å². The van der Waals surface area contributed by atoms with Gasteiger partial charge in [0.25, 0.3) is 0 Å². The molecule has 0 aliphatic carbocycles. The normalized spacial score (nSPS) is 12.2. The van der Waals surface area contributed by atoms with Gasteiger partial charge in [-0.3, -0.25) is 4.90 Å². The van der Waals surface area contributed by atoms with Crippen molar-refractivity contribution < 1.29 is 12.8 Å². The zero-order valence-corrected chi connectivity index (χ0v) is 14.4. The quantitative estimate of drug-likeness (QED) is 0.771. The lowest BCUT2D eigenvalue weighted by atomic mass is 10.2. The highest BCUT2D eigenvalue weighted by molar-refractivity contribution is 7.90. The van der Waals surface area contributed by atoms with Crippen molar-refractivity contribution in [2.45, 2.75) is 18.0 Å². The van der Waals surface area contributed by atoms with E-state index in [4.69, 9.17) is 0 Å². The number of hydrogen-bond donors (Lipinski definition) is 1. The summed E-state index contributed by atoms with van der Waals surface area (Å²) >= 11 is 0. The van der Waals surface area contributed by atoms with Gasteiger partial charge in [0.2, 0.25) is 0 Å². The lowest BCUT2D eigenvalue weighted by molar-refractivity contribution is 0.316. The summed E-state index contributed by atoms with van der Waals surface area (Å²) in [5, 5.41) is 0.857. The predicted octanol–water partition coefficient (Wildman–Crippen LogP) is 3.34. The van der Waals surface area contributed by atoms with Gasteiger partial charge in [0.15, 0.2) is 9.84 Å². The Morgan fingerprint density at radius 2 is 1.75 bits per heavy atom. The van der Waals surface area contributed by atoms with E-state index in [2.05, 4.69) is 9.88 Å². The largest absolute Gasteiger partial charge is 0.357 e. The molecule has 1 heterocycles. The predicted molar refractivity (Wildman–Crippen MR) is 93.0 cm³/mol. The van der Waals surface area contributed by atoms with Crippen molar-refractivity contribution in [2.75, 3.05) is 13.3 Å². The van der Waals surface area contributed by atoms with Crippen molar-refractivity contribution >= 4 is 20.7 Å². The molecule has 0 unspecified atom stereocenters. The molecule has 0 fully saturated rings. The van der Waals surface area contributed by atoms with Gasteiger partial charge < -0.3 is 4.98 Å². The Kier molecular flexibility index (Phi) is 4.43. The number of aromatic nitrogens is 1. The number of halogens is 1. The fourth-order valence-electron chi connectivity index (χ4n) is 2.75. The van der Waals surface area contributed by atoms with E-state index in [1.54, 1.807) is 18.2 Å². The molecule has 0 saturated carbocycles. The Hall–Kier alpha value is -2.18. The average molecular weight is 346 g/mol. The molecular formula is C18H19FN2O2S. The number of rotatable bonds is 5. The van der Waals surface area contributed by atoms with Crippen LogP contribution in [-0.4, -0.2) is 31.6 Å². The molecule has 2 aromatic carbocycles. The van der Waals surface area contributed by atoms with Crippen LogP contribution in [0.3, 0.4) is 0 Å². The summed E-state index contributed by atoms with van der Waals surface area (Å²) in [5.41, 5.74) is 2.95. The highest BCUT2D eigenvalue weighted by Gasteiger charge is 2.08. The molecule has 126 valence electrons. The zero-order chi connectivity index (χ0) is 17.3. The lowest BCUT2D eigenvalue weighted by Crippen LogP contribution is -2.17. The van der Waals surface area contributed by atoms with Gasteiger partial charge in [0.1, 0.15) is 5.82 Å². The van der Waals surface area contributed by atoms with Crippen LogP contribution >= 0.6 is 0 Å². The number of sulfone groups is 1. The molecule has 0 saturated heterocycles. The van der Waals surface area contributed by atoms with Gasteiger partial charge >= 0.3 is 0 Å². The van der Waals surface area contributed by atoms with Crippen molar-refractivity contribution in [1.29, 1.82) is 0 Å². The van der Waals surface area contributed by atoms with Crippen molar-refractivity contribution in [3.05, 3.63) is 65.6 Å². The van der Waals surface area contributed by atoms with Gasteiger partial charge in [-0.2, -0.15) is 0 Å². The maximum absolute atomic E-state index is 13.2. The van der Waals surface area contributed by atoms with E-state index in [9.17, 15) is 12.8 Å². The third kappa shape index (κ3) is 3.83. The third-order valence-electron chi connectivity index (χ3n) is 3.88. The molecule has 0 atom stereocenters. The van der Waals surface area contributed by atoms with E-state index >= 15 is 0 Å². The smallest absolute Gasteiger partial charge is 0.175 e. The molecule has 3 rings (SSSR count). The molecule has 0 aliphatic heterocycles. The molecule has 0 amide bonds. The minimum atomic E-state index is -3.16. The van der Waals surface area contributed by atoms with Gasteiger partial charge in [0.05, 0.1) is 4.90 Å². The summed E-state index contributed by atoms with van der Waals surface area (Å²) in [4.78, 5) is 5.71. The summed E-state index contributed by atoms with van der Waals surface area (Å²) in [6.07, 6.45) is 1.20. The molecule has 3 aromatic rings. The standard InChI is InChI=1S/C18H19FN2O2S/c1-21(11-13-3-6-17(7-4-13)24(2,22)23)12-16-10-14-9-15(19)5-8-18(14)20-16/h3-10,20H,11-12H2,1-2H3. The summed E-state index contributed by atoms with van der Waals surface area (Å²) < 4.78 is 36.2. The fourth-order valence-corrected chi connectivity index (χ4v) is 3.38. The molecule has 24 heavy (non-hydrogen) atoms. The van der Waals surface area contributed by atoms with E-state index in [0.29, 0.717) is 18.0 Å². The number of hydrogen-bond acceptors (Lipinski definition) is 3. The van der Waals surface area contributed by atoms with Crippen molar-refractivity contribution in [2.24, 2.45) is 0 Å². The summed E-state index contributed by atoms with van der Waals surface area (Å²) in [5.74, 6) is -0.243. The molecule has 0 aliphatic rings. The molecule has 1 aromatic heterocycles. The lowest BCUT2D eigenvalue weighted by Gasteiger charge is -2.16. The number of nitrogens with zero attached hydrogens (tertiary/aromatic N) is 1. The van der Waals surface area contributed by atoms with Crippen LogP contribution in [0.1, 0.15) is 11.3 Å². The van der Waals surface area contributed by atoms with E-state index in [-0.39, 0.29) is 5.82 Å². The van der Waals surface area contributed by atoms with Crippen molar-refractivity contribution in [3.8, 4) is 0 Å². The van der Waals surface area contributed by atoms with Crippen LogP contribution in [0.2, 0.25) is 0 Å². The molecule has 1 N–H and O–H groups in total. The van der Waals surface area contributed by atoms with Gasteiger partial charge in [-0.25, -0.2) is 12.8 Å². The van der Waals surface area contributed by atoms with Gasteiger partial charge in [-0.05, 0) is 49.0 Å². The number of aromatic amines is 1. The third-order valence-corrected chi connectivity index (χ3v) is 5.01. The molecule has 0 spiro atoms. The second kappa shape index (κ2) is 6.37. The zero-order valence-electron chi connectivity index (χ0n) is 13.6. The highest BCUT2D eigenvalue weighted by Crippen LogP contribution is 2.18. The maximum atomic E-state index is 13.2. The Bertz CT molecular complexity index is 962. The second-order valence-corrected chi connectivity index (χ2v) is 8.13. The summed E-state index contributed by atoms with van der Waals surface area (Å²) in [6, 6.07) is 13.5. The topological polar surface area (TPSA) is 53.2 Å². The van der Waals surface area contributed by atoms with Gasteiger partial charge in [0, 0.05) is 35.9 Å². The van der Waals surface area contributed by atoms with Crippen LogP contribution in [0.25, 0.3) is 10.9 Å². The van der Waals surface area contributed by atoms with E-state index < -0.39 is 9.84 Å². The Morgan fingerprint density at radius 1 is 1.04 bits per heavy atom. The number of benzene rings is 2. The molecule has 4 nitrogen and oxygen atoms in total. The van der Waals surface area contributed by atoms with Gasteiger partial charge in [-0.1, -0.05) is 12.1 Å². The Morgan fingerprint density at radius 3 is 2.42 bits per heavy atom. The first-order chi connectivity index (χ1) is 11.3. The van der Waals surface area contributed by atoms with E-state index in [0.717, 1.165) is 22.2 Å². The van der Waals surface area contributed by atoms with Crippen LogP contribution in [0.5, 0.6) is 0 Å². The number of H-pyrrole nitrogens is 1. The van der Waals surface area contributed by atoms with Crippen LogP contribution in [-0.2, 0) is 22.9 Å². The first-order valence-corrected chi connectivity index (χ1v) is 9.45. The SMILES string of the molecule is CN(Cc1ccc(S(C)(=O)=O)cc1)Cc1cc2cc(F)ccc2[nH]1. The van der Waals surface area contributed by atoms with E-state index in [1.165, 1.54) is 18.4 Å². The monoisotopic (exact) mass is 346 g/mol. The van der Waals surface area contributed by atoms with Crippen molar-refractivity contribution in [1.82, 2.24) is 9.88 Å². The summed E-state index contributed by atoms with van der Waals surface area (Å²) in [6.45, 7) is 1.37. The number of nitrogens with one attached hydrogen (secondary N) is 1. The summed E-state index contributed by atoms with van der Waals surface area (Å²) in [7, 11) is -1.18. The minimum absolute atomic E-state index is 0.243. The fraction of sp³-hybridized carbons (Fsp3) is 0.222. The molecule has 0 radical (unpaired) electrons. The van der Waals surface area contributed by atoms with Crippen LogP contribution in [0.15, 0.2) is 53.4 Å².